The highest BCUT2D eigenvalue weighted by molar-refractivity contribution is 5.96. The summed E-state index contributed by atoms with van der Waals surface area (Å²) in [5, 5.41) is 0. The molecule has 8 rings (SSSR count). The number of esters is 4. The molecule has 2 saturated heterocycles. The third-order valence-corrected chi connectivity index (χ3v) is 17.0. The highest BCUT2D eigenvalue weighted by atomic mass is 19.2. The van der Waals surface area contributed by atoms with Crippen molar-refractivity contribution in [1.29, 1.82) is 0 Å². The number of rotatable bonds is 20. The van der Waals surface area contributed by atoms with Crippen LogP contribution in [0.25, 0.3) is 0 Å². The second kappa shape index (κ2) is 28.9. The molecule has 18 heteroatoms. The van der Waals surface area contributed by atoms with E-state index < -0.39 is 58.1 Å². The molecular formula is C65H80F4N6O8. The predicted molar refractivity (Wildman–Crippen MR) is 311 cm³/mol. The Bertz CT molecular complexity index is 3050. The summed E-state index contributed by atoms with van der Waals surface area (Å²) in [6, 6.07) is 26.0. The lowest BCUT2D eigenvalue weighted by Gasteiger charge is -2.41. The molecule has 4 aliphatic heterocycles. The zero-order chi connectivity index (χ0) is 60.0. The van der Waals surface area contributed by atoms with Crippen LogP contribution in [0.15, 0.2) is 130 Å². The fourth-order valence-electron chi connectivity index (χ4n) is 12.5. The average molecular weight is 1150 g/mol. The number of piperidine rings is 2. The highest BCUT2D eigenvalue weighted by Crippen LogP contribution is 2.41. The molecule has 4 aromatic rings. The first-order valence-electron chi connectivity index (χ1n) is 28.7. The zero-order valence-electron chi connectivity index (χ0n) is 49.5. The lowest BCUT2D eigenvalue weighted by Crippen LogP contribution is -2.48. The van der Waals surface area contributed by atoms with Crippen molar-refractivity contribution in [2.75, 3.05) is 80.8 Å². The molecule has 0 N–H and O–H groups in total. The van der Waals surface area contributed by atoms with E-state index in [1.54, 1.807) is 13.8 Å². The number of amidine groups is 2. The topological polar surface area (TPSA) is 143 Å². The summed E-state index contributed by atoms with van der Waals surface area (Å²) in [6.07, 6.45) is 7.29. The van der Waals surface area contributed by atoms with Gasteiger partial charge in [0.25, 0.3) is 0 Å². The molecule has 4 aromatic carbocycles. The maximum atomic E-state index is 14.3. The fraction of sp³-hybridized carbons (Fsp3) is 0.477. The zero-order valence-corrected chi connectivity index (χ0v) is 49.5. The number of carbonyl (C=O) groups is 4. The molecule has 446 valence electrons. The van der Waals surface area contributed by atoms with E-state index in [4.69, 9.17) is 18.9 Å². The van der Waals surface area contributed by atoms with Crippen LogP contribution < -0.4 is 0 Å². The standard InChI is InChI=1S/C33H41F2N3O4.C32H39F2N3O4/c1-22(21-37-18-15-33(16-19-37,32(40)42-5)26-11-7-6-8-12-26)10-9-17-38-24(3)36-23(2)29(31(39)41-4)30(38)25-13-14-27(34)28(35)20-25;1-22-28(30(38)40-3)29(24-13-14-26(33)27(34)21-24)37(23(2)35-22)18-10-6-9-17-36-19-15-32(16-20-36,31(39)41-4)25-11-7-5-8-12-25/h6-8,11-14,20,22,30H,9-10,15-19,21H2,1-5H3;5,7-8,11-14,21,29H,6,9-10,15-20H2,1-4H3/t22-,30?;/m0./s1. The molecule has 14 nitrogen and oxygen atoms in total. The number of allylic oxidation sites excluding steroid dienone is 2. The number of ether oxygens (including phenoxy) is 4. The van der Waals surface area contributed by atoms with Gasteiger partial charge in [0.05, 0.1) is 73.9 Å². The van der Waals surface area contributed by atoms with E-state index in [0.717, 1.165) is 107 Å². The van der Waals surface area contributed by atoms with E-state index in [0.29, 0.717) is 90.0 Å². The minimum atomic E-state index is -0.965. The van der Waals surface area contributed by atoms with Gasteiger partial charge in [-0.15, -0.1) is 0 Å². The van der Waals surface area contributed by atoms with E-state index >= 15 is 0 Å². The van der Waals surface area contributed by atoms with Gasteiger partial charge in [0.2, 0.25) is 0 Å². The third kappa shape index (κ3) is 14.6. The van der Waals surface area contributed by atoms with Crippen molar-refractivity contribution in [1.82, 2.24) is 19.6 Å². The predicted octanol–water partition coefficient (Wildman–Crippen LogP) is 11.4. The maximum Gasteiger partial charge on any atom is 0.338 e. The number of aliphatic imine (C=N–C) groups is 2. The molecule has 0 amide bonds. The monoisotopic (exact) mass is 1150 g/mol. The van der Waals surface area contributed by atoms with Crippen LogP contribution in [0.3, 0.4) is 0 Å². The fourth-order valence-corrected chi connectivity index (χ4v) is 12.5. The molecule has 0 aromatic heterocycles. The van der Waals surface area contributed by atoms with Gasteiger partial charge in [0.1, 0.15) is 11.7 Å². The van der Waals surface area contributed by atoms with Crippen LogP contribution >= 0.6 is 0 Å². The van der Waals surface area contributed by atoms with Crippen molar-refractivity contribution in [2.45, 2.75) is 115 Å². The van der Waals surface area contributed by atoms with E-state index in [-0.39, 0.29) is 11.9 Å². The summed E-state index contributed by atoms with van der Waals surface area (Å²) < 4.78 is 76.5. The quantitative estimate of drug-likeness (QED) is 0.0360. The Morgan fingerprint density at radius 3 is 1.31 bits per heavy atom. The number of unbranched alkanes of at least 4 members (excludes halogenated alkanes) is 2. The van der Waals surface area contributed by atoms with E-state index in [2.05, 4.69) is 26.7 Å². The molecule has 4 heterocycles. The SMILES string of the molecule is COC(=O)C1=C(C)N=C(C)N(CCCCCN2CCC(C(=O)OC)(c3ccccc3)CC2)C1c1ccc(F)c(F)c1.COC(=O)C1=C(C)N=C(C)N(CCC[C@H](C)CN2CCC(C(=O)OC)(c3ccccc3)CC2)C1c1ccc(F)c(F)c1. The summed E-state index contributed by atoms with van der Waals surface area (Å²) in [5.74, 6) is -3.43. The Morgan fingerprint density at radius 2 is 0.916 bits per heavy atom. The van der Waals surface area contributed by atoms with Gasteiger partial charge >= 0.3 is 23.9 Å². The maximum absolute atomic E-state index is 14.3. The van der Waals surface area contributed by atoms with Gasteiger partial charge in [0.15, 0.2) is 23.3 Å². The van der Waals surface area contributed by atoms with E-state index in [1.165, 1.54) is 40.6 Å². The molecule has 3 atom stereocenters. The van der Waals surface area contributed by atoms with Crippen molar-refractivity contribution < 1.29 is 55.7 Å². The Balaban J connectivity index is 0.000000239. The first kappa shape index (κ1) is 63.4. The van der Waals surface area contributed by atoms with Gasteiger partial charge in [-0.25, -0.2) is 37.1 Å². The molecule has 83 heavy (non-hydrogen) atoms. The van der Waals surface area contributed by atoms with Gasteiger partial charge < -0.3 is 38.5 Å². The van der Waals surface area contributed by atoms with Crippen LogP contribution in [-0.4, -0.2) is 136 Å². The molecule has 0 spiro atoms. The van der Waals surface area contributed by atoms with Crippen LogP contribution in [0, 0.1) is 29.2 Å². The van der Waals surface area contributed by atoms with Gasteiger partial charge in [-0.05, 0) is 164 Å². The normalized spacial score (nSPS) is 19.4. The number of methoxy groups -OCH3 is 4. The van der Waals surface area contributed by atoms with Crippen molar-refractivity contribution in [3.05, 3.63) is 165 Å². The summed E-state index contributed by atoms with van der Waals surface area (Å²) in [7, 11) is 5.52. The van der Waals surface area contributed by atoms with E-state index in [1.807, 2.05) is 84.3 Å². The Morgan fingerprint density at radius 1 is 0.518 bits per heavy atom. The number of carbonyl (C=O) groups excluding carboxylic acids is 4. The van der Waals surface area contributed by atoms with Gasteiger partial charge in [-0.1, -0.05) is 86.1 Å². The summed E-state index contributed by atoms with van der Waals surface area (Å²) in [4.78, 5) is 69.1. The van der Waals surface area contributed by atoms with E-state index in [9.17, 15) is 36.7 Å². The van der Waals surface area contributed by atoms with Crippen molar-refractivity contribution in [3.8, 4) is 0 Å². The number of likely N-dealkylation sites (tertiary alicyclic amines) is 2. The van der Waals surface area contributed by atoms with Crippen LogP contribution in [0.1, 0.15) is 127 Å². The number of hydrogen-bond donors (Lipinski definition) is 0. The second-order valence-electron chi connectivity index (χ2n) is 22.2. The van der Waals surface area contributed by atoms with Gasteiger partial charge in [-0.2, -0.15) is 0 Å². The van der Waals surface area contributed by atoms with Gasteiger partial charge in [-0.3, -0.25) is 9.59 Å². The van der Waals surface area contributed by atoms with Gasteiger partial charge in [0, 0.05) is 19.6 Å². The minimum absolute atomic E-state index is 0.173. The van der Waals surface area contributed by atoms with Crippen LogP contribution in [0.5, 0.6) is 0 Å². The molecule has 0 bridgehead atoms. The summed E-state index contributed by atoms with van der Waals surface area (Å²) in [6.45, 7) is 15.6. The highest BCUT2D eigenvalue weighted by Gasteiger charge is 2.46. The molecule has 0 radical (unpaired) electrons. The van der Waals surface area contributed by atoms with Crippen LogP contribution in [0.2, 0.25) is 0 Å². The van der Waals surface area contributed by atoms with Crippen LogP contribution in [0.4, 0.5) is 17.6 Å². The summed E-state index contributed by atoms with van der Waals surface area (Å²) in [5.41, 5.74) is 3.40. The number of halogens is 4. The number of benzene rings is 4. The second-order valence-corrected chi connectivity index (χ2v) is 22.2. The van der Waals surface area contributed by atoms with Crippen LogP contribution in [-0.2, 0) is 49.0 Å². The molecule has 4 aliphatic rings. The molecule has 2 unspecified atom stereocenters. The average Bonchev–Trinajstić information content (AvgIpc) is 3.52. The van der Waals surface area contributed by atoms with Crippen molar-refractivity contribution in [3.63, 3.8) is 0 Å². The smallest absolute Gasteiger partial charge is 0.338 e. The van der Waals surface area contributed by atoms with Crippen molar-refractivity contribution >= 4 is 35.5 Å². The number of nitrogens with zero attached hydrogens (tertiary/aromatic N) is 6. The Kier molecular flexibility index (Phi) is 22.1. The number of hydrogen-bond acceptors (Lipinski definition) is 14. The lowest BCUT2D eigenvalue weighted by atomic mass is 9.72. The Hall–Kier alpha value is -7.18. The van der Waals surface area contributed by atoms with Crippen molar-refractivity contribution in [2.24, 2.45) is 15.9 Å². The molecular weight excluding hydrogens is 1070 g/mol. The molecule has 0 saturated carbocycles. The summed E-state index contributed by atoms with van der Waals surface area (Å²) >= 11 is 0. The lowest BCUT2D eigenvalue weighted by molar-refractivity contribution is -0.150. The first-order chi connectivity index (χ1) is 39.8. The third-order valence-electron chi connectivity index (χ3n) is 17.0. The molecule has 0 aliphatic carbocycles. The minimum Gasteiger partial charge on any atom is -0.468 e. The largest absolute Gasteiger partial charge is 0.468 e. The first-order valence-corrected chi connectivity index (χ1v) is 28.7. The molecule has 2 fully saturated rings. The Labute approximate surface area is 486 Å².